The number of benzene rings is 2. The average molecular weight is 395 g/mol. The van der Waals surface area contributed by atoms with Crippen LogP contribution in [0.1, 0.15) is 39.1 Å². The highest BCUT2D eigenvalue weighted by molar-refractivity contribution is 5.94. The fourth-order valence-corrected chi connectivity index (χ4v) is 3.50. The largest absolute Gasteiger partial charge is 0.465 e. The van der Waals surface area contributed by atoms with Gasteiger partial charge >= 0.3 is 11.9 Å². The second kappa shape index (κ2) is 9.87. The lowest BCUT2D eigenvalue weighted by atomic mass is 9.90. The van der Waals surface area contributed by atoms with Crippen LogP contribution in [0.4, 0.5) is 0 Å². The zero-order chi connectivity index (χ0) is 20.6. The number of amides is 1. The predicted molar refractivity (Wildman–Crippen MR) is 108 cm³/mol. The van der Waals surface area contributed by atoms with Gasteiger partial charge in [-0.05, 0) is 55.0 Å². The standard InChI is InChI=1S/C23H25NO5/c1-28-22(26)19-7-9-20(10-8-19)23(27)29-16-21(25)24-13-11-18(12-14-24)15-17-5-3-2-4-6-17/h2-10,18H,11-16H2,1H3. The van der Waals surface area contributed by atoms with Crippen LogP contribution in [-0.2, 0) is 20.7 Å². The summed E-state index contributed by atoms with van der Waals surface area (Å²) in [6.07, 6.45) is 2.92. The SMILES string of the molecule is COC(=O)c1ccc(C(=O)OCC(=O)N2CCC(Cc3ccccc3)CC2)cc1. The summed E-state index contributed by atoms with van der Waals surface area (Å²) in [6, 6.07) is 16.3. The molecule has 0 aromatic heterocycles. The molecule has 6 heteroatoms. The summed E-state index contributed by atoms with van der Waals surface area (Å²) < 4.78 is 9.76. The quantitative estimate of drug-likeness (QED) is 0.703. The van der Waals surface area contributed by atoms with E-state index in [2.05, 4.69) is 16.9 Å². The maximum Gasteiger partial charge on any atom is 0.338 e. The third-order valence-electron chi connectivity index (χ3n) is 5.20. The van der Waals surface area contributed by atoms with Gasteiger partial charge in [0.05, 0.1) is 18.2 Å². The van der Waals surface area contributed by atoms with E-state index in [9.17, 15) is 14.4 Å². The summed E-state index contributed by atoms with van der Waals surface area (Å²) in [7, 11) is 1.29. The zero-order valence-electron chi connectivity index (χ0n) is 16.5. The minimum absolute atomic E-state index is 0.178. The predicted octanol–water partition coefficient (Wildman–Crippen LogP) is 3.11. The molecule has 0 radical (unpaired) electrons. The van der Waals surface area contributed by atoms with E-state index < -0.39 is 11.9 Å². The van der Waals surface area contributed by atoms with Crippen molar-refractivity contribution < 1.29 is 23.9 Å². The van der Waals surface area contributed by atoms with Gasteiger partial charge in [-0.1, -0.05) is 30.3 Å². The Labute approximate surface area is 170 Å². The first-order valence-corrected chi connectivity index (χ1v) is 9.74. The maximum atomic E-state index is 12.4. The molecule has 1 heterocycles. The maximum absolute atomic E-state index is 12.4. The third-order valence-corrected chi connectivity index (χ3v) is 5.20. The van der Waals surface area contributed by atoms with Crippen molar-refractivity contribution in [2.75, 3.05) is 26.8 Å². The number of rotatable bonds is 6. The fourth-order valence-electron chi connectivity index (χ4n) is 3.50. The van der Waals surface area contributed by atoms with Crippen molar-refractivity contribution in [3.05, 3.63) is 71.3 Å². The molecule has 2 aromatic carbocycles. The molecule has 152 valence electrons. The molecule has 1 saturated heterocycles. The number of hydrogen-bond donors (Lipinski definition) is 0. The Balaban J connectivity index is 1.42. The van der Waals surface area contributed by atoms with Crippen LogP contribution < -0.4 is 0 Å². The molecule has 1 aliphatic heterocycles. The molecule has 0 bridgehead atoms. The average Bonchev–Trinajstić information content (AvgIpc) is 2.78. The second-order valence-corrected chi connectivity index (χ2v) is 7.16. The fraction of sp³-hybridized carbons (Fsp3) is 0.348. The van der Waals surface area contributed by atoms with Crippen molar-refractivity contribution in [1.29, 1.82) is 0 Å². The van der Waals surface area contributed by atoms with E-state index >= 15 is 0 Å². The molecular formula is C23H25NO5. The van der Waals surface area contributed by atoms with Crippen molar-refractivity contribution in [2.24, 2.45) is 5.92 Å². The van der Waals surface area contributed by atoms with Gasteiger partial charge in [0.2, 0.25) is 0 Å². The van der Waals surface area contributed by atoms with Gasteiger partial charge in [-0.15, -0.1) is 0 Å². The number of esters is 2. The Morgan fingerprint density at radius 3 is 2.07 bits per heavy atom. The lowest BCUT2D eigenvalue weighted by Gasteiger charge is -2.32. The number of nitrogens with zero attached hydrogens (tertiary/aromatic N) is 1. The normalized spacial score (nSPS) is 14.3. The van der Waals surface area contributed by atoms with Crippen LogP contribution in [0.25, 0.3) is 0 Å². The van der Waals surface area contributed by atoms with E-state index in [4.69, 9.17) is 4.74 Å². The third kappa shape index (κ3) is 5.67. The Bertz CT molecular complexity index is 839. The van der Waals surface area contributed by atoms with Crippen molar-refractivity contribution >= 4 is 17.8 Å². The van der Waals surface area contributed by atoms with E-state index in [1.54, 1.807) is 4.90 Å². The summed E-state index contributed by atoms with van der Waals surface area (Å²) in [6.45, 7) is 1.09. The molecule has 29 heavy (non-hydrogen) atoms. The van der Waals surface area contributed by atoms with E-state index in [-0.39, 0.29) is 18.1 Å². The number of carbonyl (C=O) groups is 3. The van der Waals surface area contributed by atoms with Gasteiger partial charge in [0.25, 0.3) is 5.91 Å². The van der Waals surface area contributed by atoms with E-state index in [1.165, 1.54) is 36.9 Å². The van der Waals surface area contributed by atoms with E-state index in [0.717, 1.165) is 19.3 Å². The number of carbonyl (C=O) groups excluding carboxylic acids is 3. The highest BCUT2D eigenvalue weighted by atomic mass is 16.5. The van der Waals surface area contributed by atoms with Crippen molar-refractivity contribution in [2.45, 2.75) is 19.3 Å². The van der Waals surface area contributed by atoms with Crippen molar-refractivity contribution in [3.63, 3.8) is 0 Å². The minimum Gasteiger partial charge on any atom is -0.465 e. The summed E-state index contributed by atoms with van der Waals surface area (Å²) in [5.74, 6) is -0.676. The van der Waals surface area contributed by atoms with Crippen LogP contribution in [0.5, 0.6) is 0 Å². The molecule has 0 atom stereocenters. The first kappa shape index (κ1) is 20.6. The molecular weight excluding hydrogens is 370 g/mol. The second-order valence-electron chi connectivity index (χ2n) is 7.16. The number of piperidine rings is 1. The molecule has 2 aromatic rings. The van der Waals surface area contributed by atoms with Gasteiger partial charge in [-0.25, -0.2) is 9.59 Å². The lowest BCUT2D eigenvalue weighted by molar-refractivity contribution is -0.135. The molecule has 1 amide bonds. The molecule has 0 saturated carbocycles. The molecule has 1 aliphatic rings. The topological polar surface area (TPSA) is 72.9 Å². The van der Waals surface area contributed by atoms with Gasteiger partial charge in [-0.2, -0.15) is 0 Å². The lowest BCUT2D eigenvalue weighted by Crippen LogP contribution is -2.41. The highest BCUT2D eigenvalue weighted by Crippen LogP contribution is 2.21. The summed E-state index contributed by atoms with van der Waals surface area (Å²) >= 11 is 0. The Kier molecular flexibility index (Phi) is 7.00. The van der Waals surface area contributed by atoms with Crippen molar-refractivity contribution in [1.82, 2.24) is 4.90 Å². The monoisotopic (exact) mass is 395 g/mol. The van der Waals surface area contributed by atoms with E-state index in [1.807, 2.05) is 18.2 Å². The van der Waals surface area contributed by atoms with Crippen molar-refractivity contribution in [3.8, 4) is 0 Å². The number of ether oxygens (including phenoxy) is 2. The van der Waals surface area contributed by atoms with Crippen LogP contribution in [0.15, 0.2) is 54.6 Å². The van der Waals surface area contributed by atoms with Crippen LogP contribution in [0.2, 0.25) is 0 Å². The molecule has 6 nitrogen and oxygen atoms in total. The van der Waals surface area contributed by atoms with Gasteiger partial charge in [-0.3, -0.25) is 4.79 Å². The van der Waals surface area contributed by atoms with Gasteiger partial charge in [0.1, 0.15) is 0 Å². The molecule has 1 fully saturated rings. The first-order valence-electron chi connectivity index (χ1n) is 9.74. The highest BCUT2D eigenvalue weighted by Gasteiger charge is 2.24. The zero-order valence-corrected chi connectivity index (χ0v) is 16.5. The molecule has 0 unspecified atom stereocenters. The molecule has 0 N–H and O–H groups in total. The Morgan fingerprint density at radius 2 is 1.48 bits per heavy atom. The number of methoxy groups -OCH3 is 1. The Hall–Kier alpha value is -3.15. The molecule has 0 aliphatic carbocycles. The van der Waals surface area contributed by atoms with Crippen LogP contribution in [0.3, 0.4) is 0 Å². The van der Waals surface area contributed by atoms with Crippen LogP contribution in [0, 0.1) is 5.92 Å². The van der Waals surface area contributed by atoms with Crippen LogP contribution >= 0.6 is 0 Å². The summed E-state index contributed by atoms with van der Waals surface area (Å²) in [4.78, 5) is 37.7. The van der Waals surface area contributed by atoms with Gasteiger partial charge < -0.3 is 14.4 Å². The van der Waals surface area contributed by atoms with E-state index in [0.29, 0.717) is 24.6 Å². The molecule has 0 spiro atoms. The summed E-state index contributed by atoms with van der Waals surface area (Å²) in [5.41, 5.74) is 1.95. The van der Waals surface area contributed by atoms with Gasteiger partial charge in [0.15, 0.2) is 6.61 Å². The summed E-state index contributed by atoms with van der Waals surface area (Å²) in [5, 5.41) is 0. The minimum atomic E-state index is -0.589. The van der Waals surface area contributed by atoms with Gasteiger partial charge in [0, 0.05) is 13.1 Å². The Morgan fingerprint density at radius 1 is 0.897 bits per heavy atom. The number of hydrogen-bond acceptors (Lipinski definition) is 5. The first-order chi connectivity index (χ1) is 14.1. The molecule has 3 rings (SSSR count). The number of likely N-dealkylation sites (tertiary alicyclic amines) is 1. The smallest absolute Gasteiger partial charge is 0.338 e. The van der Waals surface area contributed by atoms with Crippen LogP contribution in [-0.4, -0.2) is 49.6 Å².